The summed E-state index contributed by atoms with van der Waals surface area (Å²) in [6.45, 7) is 0.678. The Morgan fingerprint density at radius 1 is 1.20 bits per heavy atom. The highest BCUT2D eigenvalue weighted by Gasteiger charge is 2.16. The second kappa shape index (κ2) is 5.21. The SMILES string of the molecule is COc1cccc(NCc2cc3c(cc2O)OCO3)c1. The molecule has 0 aliphatic carbocycles. The Kier molecular flexibility index (Phi) is 3.25. The molecule has 1 aliphatic heterocycles. The van der Waals surface area contributed by atoms with Crippen LogP contribution >= 0.6 is 0 Å². The molecule has 0 fully saturated rings. The van der Waals surface area contributed by atoms with Crippen LogP contribution in [0.15, 0.2) is 36.4 Å². The molecular formula is C15H15NO4. The molecule has 0 atom stereocenters. The van der Waals surface area contributed by atoms with Gasteiger partial charge in [-0.1, -0.05) is 6.07 Å². The highest BCUT2D eigenvalue weighted by atomic mass is 16.7. The summed E-state index contributed by atoms with van der Waals surface area (Å²) in [5.74, 6) is 2.20. The number of aromatic hydroxyl groups is 1. The van der Waals surface area contributed by atoms with E-state index >= 15 is 0 Å². The maximum absolute atomic E-state index is 9.95. The molecule has 0 aromatic heterocycles. The third kappa shape index (κ3) is 2.42. The van der Waals surface area contributed by atoms with Crippen LogP contribution in [0.5, 0.6) is 23.0 Å². The Bertz CT molecular complexity index is 627. The van der Waals surface area contributed by atoms with Crippen LogP contribution in [0.3, 0.4) is 0 Å². The lowest BCUT2D eigenvalue weighted by molar-refractivity contribution is 0.174. The van der Waals surface area contributed by atoms with E-state index < -0.39 is 0 Å². The number of phenols is 1. The summed E-state index contributed by atoms with van der Waals surface area (Å²) in [6, 6.07) is 11.0. The number of benzene rings is 2. The molecule has 20 heavy (non-hydrogen) atoms. The van der Waals surface area contributed by atoms with Crippen LogP contribution in [0, 0.1) is 0 Å². The molecule has 3 rings (SSSR count). The Morgan fingerprint density at radius 2 is 2.00 bits per heavy atom. The maximum Gasteiger partial charge on any atom is 0.231 e. The van der Waals surface area contributed by atoms with Crippen molar-refractivity contribution in [3.05, 3.63) is 42.0 Å². The topological polar surface area (TPSA) is 60.0 Å². The Morgan fingerprint density at radius 3 is 2.80 bits per heavy atom. The van der Waals surface area contributed by atoms with E-state index in [9.17, 15) is 5.11 Å². The molecule has 0 saturated carbocycles. The largest absolute Gasteiger partial charge is 0.507 e. The fourth-order valence-corrected chi connectivity index (χ4v) is 2.05. The third-order valence-electron chi connectivity index (χ3n) is 3.13. The monoisotopic (exact) mass is 273 g/mol. The zero-order valence-corrected chi connectivity index (χ0v) is 11.1. The van der Waals surface area contributed by atoms with E-state index in [4.69, 9.17) is 14.2 Å². The zero-order chi connectivity index (χ0) is 13.9. The number of phenolic OH excluding ortho intramolecular Hbond substituents is 1. The number of fused-ring (bicyclic) bond motifs is 1. The van der Waals surface area contributed by atoms with Crippen LogP contribution in [0.1, 0.15) is 5.56 Å². The first-order valence-electron chi connectivity index (χ1n) is 6.25. The average molecular weight is 273 g/mol. The van der Waals surface area contributed by atoms with Gasteiger partial charge in [0.2, 0.25) is 6.79 Å². The van der Waals surface area contributed by atoms with Crippen LogP contribution in [-0.4, -0.2) is 19.0 Å². The second-order valence-corrected chi connectivity index (χ2v) is 4.42. The molecule has 2 aromatic carbocycles. The maximum atomic E-state index is 9.95. The molecule has 0 amide bonds. The molecule has 0 radical (unpaired) electrons. The van der Waals surface area contributed by atoms with Crippen molar-refractivity contribution in [3.63, 3.8) is 0 Å². The highest BCUT2D eigenvalue weighted by molar-refractivity contribution is 5.54. The van der Waals surface area contributed by atoms with E-state index in [1.807, 2.05) is 24.3 Å². The third-order valence-corrected chi connectivity index (χ3v) is 3.13. The predicted octanol–water partition coefficient (Wildman–Crippen LogP) is 2.74. The van der Waals surface area contributed by atoms with Crippen molar-refractivity contribution in [3.8, 4) is 23.0 Å². The standard InChI is InChI=1S/C15H15NO4/c1-18-12-4-2-3-11(6-12)16-8-10-5-14-15(7-13(10)17)20-9-19-14/h2-7,16-17H,8-9H2,1H3. The molecule has 0 unspecified atom stereocenters. The van der Waals surface area contributed by atoms with Gasteiger partial charge in [0.25, 0.3) is 0 Å². The van der Waals surface area contributed by atoms with Crippen molar-refractivity contribution < 1.29 is 19.3 Å². The van der Waals surface area contributed by atoms with E-state index in [0.29, 0.717) is 18.0 Å². The van der Waals surface area contributed by atoms with Gasteiger partial charge in [0.05, 0.1) is 7.11 Å². The first kappa shape index (κ1) is 12.5. The smallest absolute Gasteiger partial charge is 0.231 e. The van der Waals surface area contributed by atoms with Crippen molar-refractivity contribution in [2.45, 2.75) is 6.54 Å². The molecule has 0 bridgehead atoms. The van der Waals surface area contributed by atoms with Gasteiger partial charge in [-0.2, -0.15) is 0 Å². The lowest BCUT2D eigenvalue weighted by Gasteiger charge is -2.10. The van der Waals surface area contributed by atoms with Crippen LogP contribution in [0.25, 0.3) is 0 Å². The molecule has 104 valence electrons. The van der Waals surface area contributed by atoms with Gasteiger partial charge in [0, 0.05) is 29.9 Å². The van der Waals surface area contributed by atoms with Crippen LogP contribution < -0.4 is 19.5 Å². The molecule has 5 heteroatoms. The summed E-state index contributed by atoms with van der Waals surface area (Å²) in [7, 11) is 1.63. The number of nitrogens with one attached hydrogen (secondary N) is 1. The van der Waals surface area contributed by atoms with Gasteiger partial charge in [0.1, 0.15) is 11.5 Å². The van der Waals surface area contributed by atoms with E-state index in [-0.39, 0.29) is 12.5 Å². The number of ether oxygens (including phenoxy) is 3. The van der Waals surface area contributed by atoms with Gasteiger partial charge in [-0.3, -0.25) is 0 Å². The molecule has 0 spiro atoms. The summed E-state index contributed by atoms with van der Waals surface area (Å²) in [4.78, 5) is 0. The van der Waals surface area contributed by atoms with Crippen molar-refractivity contribution >= 4 is 5.69 Å². The molecule has 2 N–H and O–H groups in total. The fourth-order valence-electron chi connectivity index (χ4n) is 2.05. The first-order chi connectivity index (χ1) is 9.76. The van der Waals surface area contributed by atoms with E-state index in [1.54, 1.807) is 19.2 Å². The summed E-state index contributed by atoms with van der Waals surface area (Å²) in [6.07, 6.45) is 0. The zero-order valence-electron chi connectivity index (χ0n) is 11.1. The van der Waals surface area contributed by atoms with E-state index in [2.05, 4.69) is 5.32 Å². The number of anilines is 1. The summed E-state index contributed by atoms with van der Waals surface area (Å²) in [5.41, 5.74) is 1.67. The predicted molar refractivity (Wildman–Crippen MR) is 74.6 cm³/mol. The number of hydrogen-bond donors (Lipinski definition) is 2. The van der Waals surface area contributed by atoms with Gasteiger partial charge in [-0.25, -0.2) is 0 Å². The molecular weight excluding hydrogens is 258 g/mol. The summed E-state index contributed by atoms with van der Waals surface area (Å²) < 4.78 is 15.7. The molecule has 5 nitrogen and oxygen atoms in total. The van der Waals surface area contributed by atoms with Crippen LogP contribution in [0.4, 0.5) is 5.69 Å². The normalized spacial score (nSPS) is 12.2. The van der Waals surface area contributed by atoms with Gasteiger partial charge in [-0.05, 0) is 18.2 Å². The summed E-state index contributed by atoms with van der Waals surface area (Å²) >= 11 is 0. The lowest BCUT2D eigenvalue weighted by atomic mass is 10.1. The van der Waals surface area contributed by atoms with Crippen molar-refractivity contribution in [1.82, 2.24) is 0 Å². The fraction of sp³-hybridized carbons (Fsp3) is 0.200. The minimum atomic E-state index is 0.185. The number of rotatable bonds is 4. The Hall–Kier alpha value is -2.56. The Balaban J connectivity index is 1.75. The second-order valence-electron chi connectivity index (χ2n) is 4.42. The van der Waals surface area contributed by atoms with Crippen molar-refractivity contribution in [2.24, 2.45) is 0 Å². The van der Waals surface area contributed by atoms with E-state index in [1.165, 1.54) is 0 Å². The molecule has 1 aliphatic rings. The van der Waals surface area contributed by atoms with Crippen molar-refractivity contribution in [1.29, 1.82) is 0 Å². The molecule has 1 heterocycles. The molecule has 2 aromatic rings. The van der Waals surface area contributed by atoms with Gasteiger partial charge < -0.3 is 24.6 Å². The number of hydrogen-bond acceptors (Lipinski definition) is 5. The van der Waals surface area contributed by atoms with Crippen LogP contribution in [0.2, 0.25) is 0 Å². The molecule has 0 saturated heterocycles. The summed E-state index contributed by atoms with van der Waals surface area (Å²) in [5, 5.41) is 13.2. The lowest BCUT2D eigenvalue weighted by Crippen LogP contribution is -2.00. The van der Waals surface area contributed by atoms with Gasteiger partial charge >= 0.3 is 0 Å². The Labute approximate surface area is 116 Å². The average Bonchev–Trinajstić information content (AvgIpc) is 2.92. The number of methoxy groups -OCH3 is 1. The minimum absolute atomic E-state index is 0.185. The quantitative estimate of drug-likeness (QED) is 0.897. The van der Waals surface area contributed by atoms with E-state index in [0.717, 1.165) is 17.0 Å². The van der Waals surface area contributed by atoms with Crippen LogP contribution in [-0.2, 0) is 6.54 Å². The van der Waals surface area contributed by atoms with Gasteiger partial charge in [-0.15, -0.1) is 0 Å². The van der Waals surface area contributed by atoms with Gasteiger partial charge in [0.15, 0.2) is 11.5 Å². The highest BCUT2D eigenvalue weighted by Crippen LogP contribution is 2.37. The van der Waals surface area contributed by atoms with Crippen molar-refractivity contribution in [2.75, 3.05) is 19.2 Å². The first-order valence-corrected chi connectivity index (χ1v) is 6.25. The minimum Gasteiger partial charge on any atom is -0.507 e.